The number of nitrogens with zero attached hydrogens (tertiary/aromatic N) is 4. The molecule has 2 rings (SSSR count). The lowest BCUT2D eigenvalue weighted by Crippen LogP contribution is -2.04. The van der Waals surface area contributed by atoms with Crippen molar-refractivity contribution in [1.82, 2.24) is 19.2 Å². The van der Waals surface area contributed by atoms with Gasteiger partial charge in [0.1, 0.15) is 10.4 Å². The van der Waals surface area contributed by atoms with Gasteiger partial charge in [-0.1, -0.05) is 0 Å². The van der Waals surface area contributed by atoms with Gasteiger partial charge >= 0.3 is 0 Å². The zero-order valence-electron chi connectivity index (χ0n) is 8.16. The molecule has 0 fully saturated rings. The molecule has 0 atom stereocenters. The Morgan fingerprint density at radius 1 is 1.50 bits per heavy atom. The first kappa shape index (κ1) is 9.67. The van der Waals surface area contributed by atoms with Crippen LogP contribution in [0, 0.1) is 6.92 Å². The minimum absolute atomic E-state index is 0.599. The fraction of sp³-hybridized carbons (Fsp3) is 0.500. The lowest BCUT2D eigenvalue weighted by molar-refractivity contribution is 0.844. The third-order valence-corrected chi connectivity index (χ3v) is 3.05. The van der Waals surface area contributed by atoms with Crippen molar-refractivity contribution in [2.24, 2.45) is 12.8 Å². The molecular formula is C8H12BrN5. The van der Waals surface area contributed by atoms with Crippen molar-refractivity contribution in [2.75, 3.05) is 6.54 Å². The molecule has 2 aromatic heterocycles. The van der Waals surface area contributed by atoms with Crippen LogP contribution in [-0.2, 0) is 13.5 Å². The molecule has 14 heavy (non-hydrogen) atoms. The van der Waals surface area contributed by atoms with Gasteiger partial charge in [0.15, 0.2) is 0 Å². The molecule has 0 aromatic carbocycles. The number of rotatable bonds is 2. The first-order chi connectivity index (χ1) is 6.65. The van der Waals surface area contributed by atoms with E-state index in [-0.39, 0.29) is 0 Å². The molecule has 0 saturated carbocycles. The van der Waals surface area contributed by atoms with Crippen molar-refractivity contribution in [3.8, 4) is 0 Å². The fourth-order valence-electron chi connectivity index (χ4n) is 1.38. The normalized spacial score (nSPS) is 11.4. The Balaban J connectivity index is 2.64. The molecule has 2 N–H and O–H groups in total. The second kappa shape index (κ2) is 3.36. The number of imidazole rings is 1. The molecule has 5 nitrogen and oxygen atoms in total. The molecular weight excluding hydrogens is 246 g/mol. The van der Waals surface area contributed by atoms with Crippen LogP contribution < -0.4 is 5.73 Å². The first-order valence-electron chi connectivity index (χ1n) is 4.41. The number of nitrogens with two attached hydrogens (primary N) is 1. The van der Waals surface area contributed by atoms with Crippen LogP contribution in [0.15, 0.2) is 4.60 Å². The Morgan fingerprint density at radius 3 is 2.79 bits per heavy atom. The van der Waals surface area contributed by atoms with E-state index in [9.17, 15) is 0 Å². The molecule has 0 aliphatic carbocycles. The van der Waals surface area contributed by atoms with E-state index >= 15 is 0 Å². The average molecular weight is 258 g/mol. The predicted octanol–water partition coefficient (Wildman–Crippen LogP) is 0.640. The highest BCUT2D eigenvalue weighted by atomic mass is 79.9. The standard InChI is InChI=1S/C8H12BrN5/c1-5-12-14-7(9)6(3-4-10)11-8(14)13(5)2/h3-4,10H2,1-2H3. The minimum atomic E-state index is 0.599. The van der Waals surface area contributed by atoms with E-state index in [1.54, 1.807) is 4.52 Å². The summed E-state index contributed by atoms with van der Waals surface area (Å²) >= 11 is 3.47. The van der Waals surface area contributed by atoms with Crippen LogP contribution in [0.4, 0.5) is 0 Å². The second-order valence-electron chi connectivity index (χ2n) is 3.21. The predicted molar refractivity (Wildman–Crippen MR) is 57.2 cm³/mol. The Hall–Kier alpha value is -0.880. The zero-order chi connectivity index (χ0) is 10.3. The fourth-order valence-corrected chi connectivity index (χ4v) is 1.91. The van der Waals surface area contributed by atoms with Gasteiger partial charge in [-0.2, -0.15) is 9.61 Å². The molecule has 0 bridgehead atoms. The maximum absolute atomic E-state index is 5.49. The Kier molecular flexibility index (Phi) is 2.32. The number of hydrogen-bond acceptors (Lipinski definition) is 3. The highest BCUT2D eigenvalue weighted by Gasteiger charge is 2.14. The summed E-state index contributed by atoms with van der Waals surface area (Å²) in [6, 6.07) is 0. The van der Waals surface area contributed by atoms with Crippen molar-refractivity contribution in [3.05, 3.63) is 16.1 Å². The van der Waals surface area contributed by atoms with Gasteiger partial charge in [0.25, 0.3) is 0 Å². The van der Waals surface area contributed by atoms with E-state index in [0.717, 1.165) is 28.3 Å². The van der Waals surface area contributed by atoms with Crippen LogP contribution in [0.2, 0.25) is 0 Å². The van der Waals surface area contributed by atoms with Gasteiger partial charge in [-0.15, -0.1) is 0 Å². The maximum atomic E-state index is 5.49. The number of aromatic nitrogens is 4. The number of fused-ring (bicyclic) bond motifs is 1. The molecule has 0 saturated heterocycles. The van der Waals surface area contributed by atoms with Gasteiger partial charge in [0, 0.05) is 13.5 Å². The largest absolute Gasteiger partial charge is 0.330 e. The first-order valence-corrected chi connectivity index (χ1v) is 5.21. The van der Waals surface area contributed by atoms with E-state index in [4.69, 9.17) is 5.73 Å². The molecule has 0 amide bonds. The van der Waals surface area contributed by atoms with Crippen LogP contribution in [0.5, 0.6) is 0 Å². The quantitative estimate of drug-likeness (QED) is 0.859. The van der Waals surface area contributed by atoms with Gasteiger partial charge in [0.2, 0.25) is 5.78 Å². The van der Waals surface area contributed by atoms with Crippen LogP contribution in [-0.4, -0.2) is 25.7 Å². The molecule has 0 unspecified atom stereocenters. The van der Waals surface area contributed by atoms with Gasteiger partial charge < -0.3 is 10.3 Å². The topological polar surface area (TPSA) is 61.1 Å². The van der Waals surface area contributed by atoms with Gasteiger partial charge in [0.05, 0.1) is 5.69 Å². The Bertz CT molecular complexity index is 469. The highest BCUT2D eigenvalue weighted by Crippen LogP contribution is 2.18. The van der Waals surface area contributed by atoms with E-state index in [0.29, 0.717) is 6.54 Å². The van der Waals surface area contributed by atoms with Crippen molar-refractivity contribution in [2.45, 2.75) is 13.3 Å². The third-order valence-electron chi connectivity index (χ3n) is 2.26. The molecule has 2 heterocycles. The maximum Gasteiger partial charge on any atom is 0.233 e. The summed E-state index contributed by atoms with van der Waals surface area (Å²) in [6.45, 7) is 2.55. The lowest BCUT2D eigenvalue weighted by Gasteiger charge is -1.93. The van der Waals surface area contributed by atoms with Crippen molar-refractivity contribution < 1.29 is 0 Å². The Labute approximate surface area is 90.0 Å². The molecule has 0 spiro atoms. The summed E-state index contributed by atoms with van der Waals surface area (Å²) in [5.41, 5.74) is 6.45. The number of hydrogen-bond donors (Lipinski definition) is 1. The van der Waals surface area contributed by atoms with Crippen LogP contribution >= 0.6 is 15.9 Å². The van der Waals surface area contributed by atoms with E-state index in [1.807, 2.05) is 18.5 Å². The summed E-state index contributed by atoms with van der Waals surface area (Å²) in [4.78, 5) is 4.46. The summed E-state index contributed by atoms with van der Waals surface area (Å²) in [5.74, 6) is 1.78. The Morgan fingerprint density at radius 2 is 2.21 bits per heavy atom. The van der Waals surface area contributed by atoms with Crippen molar-refractivity contribution in [1.29, 1.82) is 0 Å². The van der Waals surface area contributed by atoms with E-state index in [1.165, 1.54) is 0 Å². The summed E-state index contributed by atoms with van der Waals surface area (Å²) in [6.07, 6.45) is 0.767. The minimum Gasteiger partial charge on any atom is -0.330 e. The lowest BCUT2D eigenvalue weighted by atomic mass is 10.3. The molecule has 0 aliphatic rings. The highest BCUT2D eigenvalue weighted by molar-refractivity contribution is 9.10. The smallest absolute Gasteiger partial charge is 0.233 e. The monoisotopic (exact) mass is 257 g/mol. The van der Waals surface area contributed by atoms with E-state index in [2.05, 4.69) is 26.0 Å². The van der Waals surface area contributed by atoms with Gasteiger partial charge in [-0.25, -0.2) is 4.98 Å². The molecule has 6 heteroatoms. The van der Waals surface area contributed by atoms with Crippen molar-refractivity contribution >= 4 is 21.7 Å². The number of aryl methyl sites for hydroxylation is 2. The van der Waals surface area contributed by atoms with Crippen LogP contribution in [0.3, 0.4) is 0 Å². The van der Waals surface area contributed by atoms with Gasteiger partial charge in [-0.05, 0) is 29.4 Å². The summed E-state index contributed by atoms with van der Waals surface area (Å²) in [5, 5.41) is 4.34. The van der Waals surface area contributed by atoms with Crippen LogP contribution in [0.1, 0.15) is 11.5 Å². The average Bonchev–Trinajstić information content (AvgIpc) is 2.59. The molecule has 76 valence electrons. The number of halogens is 1. The van der Waals surface area contributed by atoms with Crippen molar-refractivity contribution in [3.63, 3.8) is 0 Å². The zero-order valence-corrected chi connectivity index (χ0v) is 9.74. The summed E-state index contributed by atoms with van der Waals surface area (Å²) < 4.78 is 4.65. The summed E-state index contributed by atoms with van der Waals surface area (Å²) in [7, 11) is 1.95. The SMILES string of the molecule is Cc1nn2c(Br)c(CCN)nc2n1C. The second-order valence-corrected chi connectivity index (χ2v) is 3.96. The van der Waals surface area contributed by atoms with E-state index < -0.39 is 0 Å². The van der Waals surface area contributed by atoms with Crippen LogP contribution in [0.25, 0.3) is 5.78 Å². The molecule has 0 radical (unpaired) electrons. The molecule has 0 aliphatic heterocycles. The third kappa shape index (κ3) is 1.26. The van der Waals surface area contributed by atoms with Gasteiger partial charge in [-0.3, -0.25) is 0 Å². The molecule has 2 aromatic rings.